The zero-order valence-electron chi connectivity index (χ0n) is 20.5. The molecule has 3 rings (SSSR count). The van der Waals surface area contributed by atoms with Gasteiger partial charge in [-0.15, -0.1) is 0 Å². The number of amidine groups is 1. The summed E-state index contributed by atoms with van der Waals surface area (Å²) in [7, 11) is 1.95. The van der Waals surface area contributed by atoms with E-state index in [2.05, 4.69) is 22.5 Å². The summed E-state index contributed by atoms with van der Waals surface area (Å²) in [6.45, 7) is 9.63. The Morgan fingerprint density at radius 3 is 2.94 bits per heavy atom. The third kappa shape index (κ3) is 5.01. The lowest BCUT2D eigenvalue weighted by atomic mass is 9.85. The average molecular weight is 458 g/mol. The Bertz CT molecular complexity index is 902. The van der Waals surface area contributed by atoms with Gasteiger partial charge in [-0.25, -0.2) is 0 Å². The molecule has 8 nitrogen and oxygen atoms in total. The molecule has 5 N–H and O–H groups in total. The molecule has 1 saturated heterocycles. The minimum absolute atomic E-state index is 0.234. The van der Waals surface area contributed by atoms with Gasteiger partial charge in [0.2, 0.25) is 0 Å². The summed E-state index contributed by atoms with van der Waals surface area (Å²) in [5, 5.41) is 17.7. The first-order chi connectivity index (χ1) is 15.7. The zero-order chi connectivity index (χ0) is 24.2. The van der Waals surface area contributed by atoms with Crippen LogP contribution in [0.1, 0.15) is 62.4 Å². The second-order valence-corrected chi connectivity index (χ2v) is 9.29. The van der Waals surface area contributed by atoms with E-state index in [1.165, 1.54) is 0 Å². The van der Waals surface area contributed by atoms with Crippen LogP contribution in [0.4, 0.5) is 0 Å². The highest BCUT2D eigenvalue weighted by molar-refractivity contribution is 5.97. The van der Waals surface area contributed by atoms with Gasteiger partial charge >= 0.3 is 0 Å². The third-order valence-electron chi connectivity index (χ3n) is 7.16. The molecule has 5 atom stereocenters. The Morgan fingerprint density at radius 2 is 2.24 bits per heavy atom. The van der Waals surface area contributed by atoms with Crippen LogP contribution >= 0.6 is 0 Å². The number of aliphatic hydroxyl groups is 1. The molecule has 0 radical (unpaired) electrons. The number of carbonyl (C=O) groups excluding carboxylic acids is 1. The van der Waals surface area contributed by atoms with Crippen molar-refractivity contribution in [2.45, 2.75) is 70.2 Å². The van der Waals surface area contributed by atoms with Crippen LogP contribution in [-0.2, 0) is 0 Å². The van der Waals surface area contributed by atoms with Crippen molar-refractivity contribution in [2.75, 3.05) is 26.7 Å². The van der Waals surface area contributed by atoms with Crippen LogP contribution in [0, 0.1) is 0 Å². The summed E-state index contributed by atoms with van der Waals surface area (Å²) in [4.78, 5) is 20.0. The van der Waals surface area contributed by atoms with Crippen molar-refractivity contribution in [1.82, 2.24) is 15.5 Å². The third-order valence-corrected chi connectivity index (χ3v) is 7.16. The van der Waals surface area contributed by atoms with Gasteiger partial charge in [0.1, 0.15) is 5.75 Å². The van der Waals surface area contributed by atoms with E-state index >= 15 is 0 Å². The number of likely N-dealkylation sites (tertiary alicyclic amines) is 1. The van der Waals surface area contributed by atoms with E-state index < -0.39 is 17.7 Å². The van der Waals surface area contributed by atoms with E-state index in [1.807, 2.05) is 52.2 Å². The molecule has 3 unspecified atom stereocenters. The van der Waals surface area contributed by atoms with E-state index in [-0.39, 0.29) is 11.9 Å². The lowest BCUT2D eigenvalue weighted by Crippen LogP contribution is -2.59. The Hall–Kier alpha value is -2.58. The largest absolute Gasteiger partial charge is 0.492 e. The first-order valence-electron chi connectivity index (χ1n) is 11.9. The number of aliphatic imine (C=N–C) groups is 1. The van der Waals surface area contributed by atoms with Crippen molar-refractivity contribution in [1.29, 1.82) is 0 Å². The van der Waals surface area contributed by atoms with Gasteiger partial charge in [-0.05, 0) is 51.1 Å². The van der Waals surface area contributed by atoms with Crippen molar-refractivity contribution in [3.05, 3.63) is 41.6 Å². The lowest BCUT2D eigenvalue weighted by Gasteiger charge is -2.40. The molecule has 8 heteroatoms. The molecule has 0 spiro atoms. The maximum atomic E-state index is 13.3. The highest BCUT2D eigenvalue weighted by Crippen LogP contribution is 2.37. The molecule has 0 aliphatic carbocycles. The van der Waals surface area contributed by atoms with Crippen molar-refractivity contribution < 1.29 is 14.6 Å². The number of allylic oxidation sites excluding steroid dienone is 1. The SMILES string of the molecule is C/C=C\NCC(N=C(N)CC)[C@@]1(C)[C@H](O)C(NC(=O)c2cccc3c2OCCC3C)CN1C. The number of fused-ring (bicyclic) bond motifs is 1. The molecule has 1 aromatic rings. The summed E-state index contributed by atoms with van der Waals surface area (Å²) in [5.74, 6) is 1.31. The Morgan fingerprint density at radius 1 is 1.48 bits per heavy atom. The number of hydrogen-bond donors (Lipinski definition) is 4. The van der Waals surface area contributed by atoms with Crippen LogP contribution in [0.3, 0.4) is 0 Å². The van der Waals surface area contributed by atoms with E-state index in [0.29, 0.717) is 49.2 Å². The fraction of sp³-hybridized carbons (Fsp3) is 0.600. The zero-order valence-corrected chi connectivity index (χ0v) is 20.5. The summed E-state index contributed by atoms with van der Waals surface area (Å²) in [6.07, 6.45) is 4.50. The summed E-state index contributed by atoms with van der Waals surface area (Å²) in [5.41, 5.74) is 6.94. The molecule has 2 aliphatic rings. The fourth-order valence-electron chi connectivity index (χ4n) is 4.79. The number of carbonyl (C=O) groups is 1. The first-order valence-corrected chi connectivity index (χ1v) is 11.9. The lowest BCUT2D eigenvalue weighted by molar-refractivity contribution is 0.0272. The van der Waals surface area contributed by atoms with Crippen LogP contribution in [-0.4, -0.2) is 72.2 Å². The van der Waals surface area contributed by atoms with Crippen molar-refractivity contribution in [2.24, 2.45) is 10.7 Å². The maximum Gasteiger partial charge on any atom is 0.255 e. The molecule has 1 amide bonds. The number of nitrogens with one attached hydrogen (secondary N) is 2. The quantitative estimate of drug-likeness (QED) is 0.351. The number of likely N-dealkylation sites (N-methyl/N-ethyl adjacent to an activating group) is 1. The number of rotatable bonds is 8. The summed E-state index contributed by atoms with van der Waals surface area (Å²) in [6, 6.07) is 4.94. The molecule has 2 heterocycles. The number of aliphatic hydroxyl groups excluding tert-OH is 1. The predicted octanol–water partition coefficient (Wildman–Crippen LogP) is 2.00. The van der Waals surface area contributed by atoms with Crippen molar-refractivity contribution in [3.8, 4) is 5.75 Å². The minimum Gasteiger partial charge on any atom is -0.492 e. The van der Waals surface area contributed by atoms with E-state index in [0.717, 1.165) is 12.0 Å². The van der Waals surface area contributed by atoms with Crippen LogP contribution in [0.5, 0.6) is 5.75 Å². The Labute approximate surface area is 197 Å². The van der Waals surface area contributed by atoms with Gasteiger partial charge in [0.25, 0.3) is 5.91 Å². The molecule has 0 saturated carbocycles. The molecular formula is C25H39N5O3. The van der Waals surface area contributed by atoms with Crippen molar-refractivity contribution in [3.63, 3.8) is 0 Å². The van der Waals surface area contributed by atoms with Gasteiger partial charge in [0.15, 0.2) is 0 Å². The minimum atomic E-state index is -0.836. The molecule has 0 bridgehead atoms. The molecule has 2 aliphatic heterocycles. The van der Waals surface area contributed by atoms with Crippen LogP contribution < -0.4 is 21.1 Å². The first kappa shape index (κ1) is 25.1. The van der Waals surface area contributed by atoms with Crippen LogP contribution in [0.2, 0.25) is 0 Å². The number of nitrogens with two attached hydrogens (primary N) is 1. The molecule has 1 aromatic carbocycles. The number of amides is 1. The topological polar surface area (TPSA) is 112 Å². The maximum absolute atomic E-state index is 13.3. The highest BCUT2D eigenvalue weighted by atomic mass is 16.5. The van der Waals surface area contributed by atoms with E-state index in [4.69, 9.17) is 15.5 Å². The second kappa shape index (κ2) is 10.6. The monoisotopic (exact) mass is 457 g/mol. The number of hydrogen-bond acceptors (Lipinski definition) is 6. The molecule has 33 heavy (non-hydrogen) atoms. The predicted molar refractivity (Wildman–Crippen MR) is 132 cm³/mol. The highest BCUT2D eigenvalue weighted by Gasteiger charge is 2.53. The number of para-hydroxylation sites is 1. The number of ether oxygens (including phenoxy) is 1. The summed E-state index contributed by atoms with van der Waals surface area (Å²) < 4.78 is 5.87. The number of benzene rings is 1. The Balaban J connectivity index is 1.83. The van der Waals surface area contributed by atoms with Crippen LogP contribution in [0.25, 0.3) is 0 Å². The smallest absolute Gasteiger partial charge is 0.255 e. The van der Waals surface area contributed by atoms with Gasteiger partial charge in [0.05, 0.1) is 41.7 Å². The van der Waals surface area contributed by atoms with Gasteiger partial charge in [-0.3, -0.25) is 14.7 Å². The standard InChI is InChI=1S/C25H39N5O3/c1-6-12-27-14-20(29-21(26)7-2)25(4)23(31)19(15-30(25)5)28-24(32)18-10-8-9-17-16(3)11-13-33-22(17)18/h6,8-10,12,16,19-20,23,27,31H,7,11,13-15H2,1-5H3,(H2,26,29)(H,28,32)/b12-6-/t16?,19?,20?,23-,25+/m1/s1. The van der Waals surface area contributed by atoms with Crippen LogP contribution in [0.15, 0.2) is 35.5 Å². The molecule has 182 valence electrons. The van der Waals surface area contributed by atoms with Gasteiger partial charge in [-0.2, -0.15) is 0 Å². The van der Waals surface area contributed by atoms with Gasteiger partial charge in [-0.1, -0.05) is 32.1 Å². The Kier molecular flexibility index (Phi) is 8.02. The number of nitrogens with zero attached hydrogens (tertiary/aromatic N) is 2. The van der Waals surface area contributed by atoms with Crippen molar-refractivity contribution >= 4 is 11.7 Å². The average Bonchev–Trinajstić information content (AvgIpc) is 3.02. The van der Waals surface area contributed by atoms with E-state index in [1.54, 1.807) is 6.07 Å². The summed E-state index contributed by atoms with van der Waals surface area (Å²) >= 11 is 0. The molecular weight excluding hydrogens is 418 g/mol. The molecule has 0 aromatic heterocycles. The molecule has 1 fully saturated rings. The van der Waals surface area contributed by atoms with Gasteiger partial charge < -0.3 is 26.2 Å². The van der Waals surface area contributed by atoms with Gasteiger partial charge in [0, 0.05) is 19.5 Å². The second-order valence-electron chi connectivity index (χ2n) is 9.29. The van der Waals surface area contributed by atoms with E-state index in [9.17, 15) is 9.90 Å². The normalized spacial score (nSPS) is 28.9. The fourth-order valence-corrected chi connectivity index (χ4v) is 4.79.